The van der Waals surface area contributed by atoms with E-state index in [1.165, 1.54) is 0 Å². The van der Waals surface area contributed by atoms with E-state index in [4.69, 9.17) is 4.74 Å². The molecule has 2 rings (SSSR count). The number of nitrogens with zero attached hydrogens (tertiary/aromatic N) is 1. The molecule has 1 heterocycles. The number of rotatable bonds is 5. The number of anilines is 1. The number of pyridine rings is 1. The fourth-order valence-corrected chi connectivity index (χ4v) is 1.77. The number of para-hydroxylation sites is 2. The predicted octanol–water partition coefficient (Wildman–Crippen LogP) is 3.79. The molecule has 2 aromatic rings. The molecule has 3 heteroatoms. The number of nitrogens with one attached hydrogen (secondary N) is 1. The summed E-state index contributed by atoms with van der Waals surface area (Å²) in [5.41, 5.74) is 3.20. The Morgan fingerprint density at radius 1 is 1.16 bits per heavy atom. The van der Waals surface area contributed by atoms with Crippen molar-refractivity contribution in [1.29, 1.82) is 0 Å². The summed E-state index contributed by atoms with van der Waals surface area (Å²) in [4.78, 5) is 4.29. The van der Waals surface area contributed by atoms with E-state index >= 15 is 0 Å². The highest BCUT2D eigenvalue weighted by molar-refractivity contribution is 5.56. The lowest BCUT2D eigenvalue weighted by Gasteiger charge is -2.15. The van der Waals surface area contributed by atoms with Crippen LogP contribution in [0, 0.1) is 6.92 Å². The Hall–Kier alpha value is -2.03. The molecule has 19 heavy (non-hydrogen) atoms. The highest BCUT2D eigenvalue weighted by atomic mass is 16.5. The van der Waals surface area contributed by atoms with E-state index in [-0.39, 0.29) is 6.10 Å². The Kier molecular flexibility index (Phi) is 4.39. The monoisotopic (exact) mass is 256 g/mol. The number of hydrogen-bond donors (Lipinski definition) is 1. The maximum absolute atomic E-state index is 5.77. The number of aryl methyl sites for hydroxylation is 1. The van der Waals surface area contributed by atoms with Gasteiger partial charge < -0.3 is 10.1 Å². The first-order valence-electron chi connectivity index (χ1n) is 6.56. The van der Waals surface area contributed by atoms with Gasteiger partial charge in [0.05, 0.1) is 11.8 Å². The van der Waals surface area contributed by atoms with Gasteiger partial charge in [0, 0.05) is 18.4 Å². The van der Waals surface area contributed by atoms with Crippen LogP contribution in [0.4, 0.5) is 5.69 Å². The van der Waals surface area contributed by atoms with E-state index in [2.05, 4.69) is 16.4 Å². The van der Waals surface area contributed by atoms with E-state index in [1.807, 2.05) is 57.3 Å². The van der Waals surface area contributed by atoms with E-state index in [1.54, 1.807) is 0 Å². The minimum Gasteiger partial charge on any atom is -0.489 e. The first-order valence-corrected chi connectivity index (χ1v) is 6.56. The van der Waals surface area contributed by atoms with Crippen LogP contribution >= 0.6 is 0 Å². The highest BCUT2D eigenvalue weighted by Gasteiger charge is 2.04. The summed E-state index contributed by atoms with van der Waals surface area (Å²) in [6, 6.07) is 12.1. The van der Waals surface area contributed by atoms with Crippen LogP contribution in [-0.4, -0.2) is 11.1 Å². The molecule has 0 radical (unpaired) electrons. The zero-order valence-corrected chi connectivity index (χ0v) is 11.7. The largest absolute Gasteiger partial charge is 0.489 e. The molecule has 0 spiro atoms. The lowest BCUT2D eigenvalue weighted by molar-refractivity contribution is 0.243. The third kappa shape index (κ3) is 3.98. The summed E-state index contributed by atoms with van der Waals surface area (Å²) in [6.07, 6.45) is 2.07. The zero-order chi connectivity index (χ0) is 13.7. The lowest BCUT2D eigenvalue weighted by atomic mass is 10.2. The first-order chi connectivity index (χ1) is 9.15. The fraction of sp³-hybridized carbons (Fsp3) is 0.312. The molecule has 0 fully saturated rings. The maximum atomic E-state index is 5.77. The van der Waals surface area contributed by atoms with Crippen molar-refractivity contribution in [3.63, 3.8) is 0 Å². The molecule has 0 amide bonds. The number of benzene rings is 1. The molecule has 1 N–H and O–H groups in total. The Balaban J connectivity index is 2.04. The van der Waals surface area contributed by atoms with Gasteiger partial charge >= 0.3 is 0 Å². The van der Waals surface area contributed by atoms with Crippen molar-refractivity contribution in [3.8, 4) is 5.75 Å². The summed E-state index contributed by atoms with van der Waals surface area (Å²) in [5, 5.41) is 3.39. The van der Waals surface area contributed by atoms with Gasteiger partial charge in [-0.1, -0.05) is 18.2 Å². The molecule has 1 aromatic heterocycles. The Bertz CT molecular complexity index is 521. The van der Waals surface area contributed by atoms with E-state index < -0.39 is 0 Å². The van der Waals surface area contributed by atoms with Crippen molar-refractivity contribution in [3.05, 3.63) is 53.9 Å². The van der Waals surface area contributed by atoms with Crippen LogP contribution in [0.25, 0.3) is 0 Å². The van der Waals surface area contributed by atoms with Crippen LogP contribution in [0.2, 0.25) is 0 Å². The number of aromatic nitrogens is 1. The van der Waals surface area contributed by atoms with Gasteiger partial charge in [-0.05, 0) is 44.5 Å². The lowest BCUT2D eigenvalue weighted by Crippen LogP contribution is -2.08. The SMILES string of the molecule is Cc1ccc(CNc2ccccc2OC(C)C)cn1. The Labute approximate surface area is 114 Å². The van der Waals surface area contributed by atoms with Crippen LogP contribution in [0.15, 0.2) is 42.6 Å². The summed E-state index contributed by atoms with van der Waals surface area (Å²) >= 11 is 0. The van der Waals surface area contributed by atoms with Crippen molar-refractivity contribution < 1.29 is 4.74 Å². The van der Waals surface area contributed by atoms with Crippen LogP contribution in [0.1, 0.15) is 25.1 Å². The fourth-order valence-electron chi connectivity index (χ4n) is 1.77. The van der Waals surface area contributed by atoms with Gasteiger partial charge in [0.2, 0.25) is 0 Å². The molecule has 0 saturated heterocycles. The molecule has 3 nitrogen and oxygen atoms in total. The average Bonchev–Trinajstić information content (AvgIpc) is 2.39. The Morgan fingerprint density at radius 3 is 2.63 bits per heavy atom. The Morgan fingerprint density at radius 2 is 1.95 bits per heavy atom. The minimum atomic E-state index is 0.170. The smallest absolute Gasteiger partial charge is 0.142 e. The van der Waals surface area contributed by atoms with Crippen LogP contribution < -0.4 is 10.1 Å². The van der Waals surface area contributed by atoms with Crippen molar-refractivity contribution in [2.24, 2.45) is 0 Å². The van der Waals surface area contributed by atoms with Gasteiger partial charge in [-0.3, -0.25) is 4.98 Å². The van der Waals surface area contributed by atoms with Gasteiger partial charge in [-0.25, -0.2) is 0 Å². The van der Waals surface area contributed by atoms with E-state index in [9.17, 15) is 0 Å². The molecule has 0 aliphatic rings. The van der Waals surface area contributed by atoms with E-state index in [0.29, 0.717) is 0 Å². The number of ether oxygens (including phenoxy) is 1. The molecule has 0 atom stereocenters. The molecule has 1 aromatic carbocycles. The second kappa shape index (κ2) is 6.23. The topological polar surface area (TPSA) is 34.1 Å². The van der Waals surface area contributed by atoms with Crippen molar-refractivity contribution >= 4 is 5.69 Å². The van der Waals surface area contributed by atoms with Crippen LogP contribution in [-0.2, 0) is 6.54 Å². The summed E-state index contributed by atoms with van der Waals surface area (Å²) in [5.74, 6) is 0.887. The van der Waals surface area contributed by atoms with Gasteiger partial charge in [0.25, 0.3) is 0 Å². The van der Waals surface area contributed by atoms with Crippen molar-refractivity contribution in [2.45, 2.75) is 33.4 Å². The predicted molar refractivity (Wildman–Crippen MR) is 78.5 cm³/mol. The van der Waals surface area contributed by atoms with Gasteiger partial charge in [-0.2, -0.15) is 0 Å². The third-order valence-electron chi connectivity index (χ3n) is 2.71. The molecule has 100 valence electrons. The van der Waals surface area contributed by atoms with Crippen LogP contribution in [0.5, 0.6) is 5.75 Å². The standard InChI is InChI=1S/C16H20N2O/c1-12(2)19-16-7-5-4-6-15(16)18-11-14-9-8-13(3)17-10-14/h4-10,12,18H,11H2,1-3H3. The zero-order valence-electron chi connectivity index (χ0n) is 11.7. The molecule has 0 aliphatic heterocycles. The van der Waals surface area contributed by atoms with Crippen LogP contribution in [0.3, 0.4) is 0 Å². The average molecular weight is 256 g/mol. The first kappa shape index (κ1) is 13.4. The normalized spacial score (nSPS) is 10.5. The summed E-state index contributed by atoms with van der Waals surface area (Å²) < 4.78 is 5.77. The van der Waals surface area contributed by atoms with Gasteiger partial charge in [-0.15, -0.1) is 0 Å². The molecule has 0 aliphatic carbocycles. The highest BCUT2D eigenvalue weighted by Crippen LogP contribution is 2.25. The van der Waals surface area contributed by atoms with Gasteiger partial charge in [0.15, 0.2) is 0 Å². The third-order valence-corrected chi connectivity index (χ3v) is 2.71. The molecular formula is C16H20N2O. The van der Waals surface area contributed by atoms with E-state index in [0.717, 1.165) is 29.2 Å². The number of hydrogen-bond acceptors (Lipinski definition) is 3. The molecule has 0 bridgehead atoms. The second-order valence-corrected chi connectivity index (χ2v) is 4.82. The second-order valence-electron chi connectivity index (χ2n) is 4.82. The molecule has 0 unspecified atom stereocenters. The summed E-state index contributed by atoms with van der Waals surface area (Å²) in [6.45, 7) is 6.79. The van der Waals surface area contributed by atoms with Gasteiger partial charge in [0.1, 0.15) is 5.75 Å². The molecule has 0 saturated carbocycles. The minimum absolute atomic E-state index is 0.170. The summed E-state index contributed by atoms with van der Waals surface area (Å²) in [7, 11) is 0. The van der Waals surface area contributed by atoms with Crippen molar-refractivity contribution in [2.75, 3.05) is 5.32 Å². The quantitative estimate of drug-likeness (QED) is 0.883. The maximum Gasteiger partial charge on any atom is 0.142 e. The molecular weight excluding hydrogens is 236 g/mol. The van der Waals surface area contributed by atoms with Crippen molar-refractivity contribution in [1.82, 2.24) is 4.98 Å².